The Hall–Kier alpha value is -6.50. The molecule has 0 atom stereocenters. The molecule has 13 heteroatoms. The summed E-state index contributed by atoms with van der Waals surface area (Å²) < 4.78 is 15.5. The van der Waals surface area contributed by atoms with Crippen molar-refractivity contribution in [1.29, 1.82) is 0 Å². The zero-order chi connectivity index (χ0) is 38.3. The number of ether oxygens (including phenoxy) is 2. The summed E-state index contributed by atoms with van der Waals surface area (Å²) in [4.78, 5) is 63.6. The Kier molecular flexibility index (Phi) is 14.2. The van der Waals surface area contributed by atoms with Crippen LogP contribution in [0.5, 0.6) is 0 Å². The van der Waals surface area contributed by atoms with Crippen LogP contribution in [0, 0.1) is 13.8 Å². The molecule has 0 unspecified atom stereocenters. The highest BCUT2D eigenvalue weighted by Gasteiger charge is 2.14. The lowest BCUT2D eigenvalue weighted by atomic mass is 10.1. The number of urea groups is 1. The van der Waals surface area contributed by atoms with Gasteiger partial charge in [0.2, 0.25) is 0 Å². The molecule has 2 amide bonds. The maximum Gasteiger partial charge on any atom is 0.348 e. The van der Waals surface area contributed by atoms with Gasteiger partial charge in [-0.25, -0.2) is 24.0 Å². The summed E-state index contributed by atoms with van der Waals surface area (Å²) in [5.41, 5.74) is 4.03. The maximum atomic E-state index is 12.1. The first-order valence-electron chi connectivity index (χ1n) is 17.1. The Morgan fingerprint density at radius 3 is 1.83 bits per heavy atom. The zero-order valence-electron chi connectivity index (χ0n) is 30.0. The molecule has 5 aromatic rings. The van der Waals surface area contributed by atoms with Crippen molar-refractivity contribution in [3.63, 3.8) is 0 Å². The van der Waals surface area contributed by atoms with Gasteiger partial charge in [-0.1, -0.05) is 49.9 Å². The third-order valence-corrected chi connectivity index (χ3v) is 7.65. The van der Waals surface area contributed by atoms with Crippen molar-refractivity contribution in [2.24, 2.45) is 0 Å². The van der Waals surface area contributed by atoms with E-state index in [4.69, 9.17) is 13.9 Å². The van der Waals surface area contributed by atoms with E-state index in [-0.39, 0.29) is 23.2 Å². The Bertz CT molecular complexity index is 2110. The van der Waals surface area contributed by atoms with Crippen LogP contribution in [0.1, 0.15) is 81.7 Å². The number of carbonyl (C=O) groups is 4. The molecule has 0 saturated heterocycles. The molecule has 0 saturated carbocycles. The van der Waals surface area contributed by atoms with Gasteiger partial charge in [-0.15, -0.1) is 0 Å². The average molecular weight is 723 g/mol. The van der Waals surface area contributed by atoms with Gasteiger partial charge in [0.05, 0.1) is 46.5 Å². The second-order valence-corrected chi connectivity index (χ2v) is 12.0. The number of aromatic carboxylic acids is 1. The van der Waals surface area contributed by atoms with Crippen LogP contribution in [0.4, 0.5) is 27.9 Å². The predicted molar refractivity (Wildman–Crippen MR) is 202 cm³/mol. The topological polar surface area (TPSA) is 186 Å². The fraction of sp³-hybridized carbons (Fsp3) is 0.250. The summed E-state index contributed by atoms with van der Waals surface area (Å²) in [6.07, 6.45) is 3.57. The summed E-state index contributed by atoms with van der Waals surface area (Å²) in [6, 6.07) is 22.6. The number of unbranched alkanes of at least 4 members (excludes halogenated alkanes) is 2. The van der Waals surface area contributed by atoms with Gasteiger partial charge in [-0.2, -0.15) is 4.98 Å². The van der Waals surface area contributed by atoms with Crippen molar-refractivity contribution in [2.75, 3.05) is 29.2 Å². The summed E-state index contributed by atoms with van der Waals surface area (Å²) >= 11 is 0. The molecule has 1 heterocycles. The second kappa shape index (κ2) is 19.2. The summed E-state index contributed by atoms with van der Waals surface area (Å²) in [6.45, 7) is 8.51. The molecule has 0 aliphatic carbocycles. The Morgan fingerprint density at radius 1 is 0.717 bits per heavy atom. The first-order chi connectivity index (χ1) is 25.5. The van der Waals surface area contributed by atoms with E-state index in [2.05, 4.69) is 20.9 Å². The van der Waals surface area contributed by atoms with Crippen molar-refractivity contribution in [3.8, 4) is 0 Å². The van der Waals surface area contributed by atoms with E-state index in [0.717, 1.165) is 36.8 Å². The van der Waals surface area contributed by atoms with Crippen molar-refractivity contribution in [1.82, 2.24) is 4.98 Å². The molecule has 276 valence electrons. The fourth-order valence-corrected chi connectivity index (χ4v) is 4.76. The number of carboxylic acids is 1. The molecule has 5 rings (SSSR count). The highest BCUT2D eigenvalue weighted by molar-refractivity contribution is 6.05. The highest BCUT2D eigenvalue weighted by atomic mass is 16.5. The minimum atomic E-state index is -1.13. The van der Waals surface area contributed by atoms with Crippen LogP contribution >= 0.6 is 0 Å². The number of nitrogens with one attached hydrogen (secondary N) is 3. The van der Waals surface area contributed by atoms with E-state index >= 15 is 0 Å². The number of carboxylic acid groups (broad SMARTS) is 1. The number of fused-ring (bicyclic) bond motifs is 1. The van der Waals surface area contributed by atoms with Crippen LogP contribution < -0.4 is 21.6 Å². The molecule has 1 aromatic heterocycles. The molecule has 53 heavy (non-hydrogen) atoms. The molecule has 0 aliphatic heterocycles. The van der Waals surface area contributed by atoms with Crippen LogP contribution in [-0.4, -0.2) is 47.2 Å². The number of hydrogen-bond acceptors (Lipinski definition) is 10. The number of carbonyl (C=O) groups excluding carboxylic acids is 3. The van der Waals surface area contributed by atoms with E-state index in [9.17, 15) is 29.1 Å². The molecule has 4 N–H and O–H groups in total. The fourth-order valence-electron chi connectivity index (χ4n) is 4.76. The number of hydrogen-bond donors (Lipinski definition) is 4. The molecular weight excluding hydrogens is 680 g/mol. The Balaban J connectivity index is 0.000000237. The molecule has 0 radical (unpaired) electrons. The maximum absolute atomic E-state index is 12.1. The van der Waals surface area contributed by atoms with Gasteiger partial charge in [-0.05, 0) is 99.5 Å². The average Bonchev–Trinajstić information content (AvgIpc) is 3.13. The third kappa shape index (κ3) is 11.8. The van der Waals surface area contributed by atoms with E-state index in [1.807, 2.05) is 26.8 Å². The van der Waals surface area contributed by atoms with Crippen LogP contribution in [-0.2, 0) is 9.47 Å². The van der Waals surface area contributed by atoms with E-state index in [0.29, 0.717) is 46.6 Å². The van der Waals surface area contributed by atoms with Gasteiger partial charge in [-0.3, -0.25) is 0 Å². The smallest absolute Gasteiger partial charge is 0.348 e. The van der Waals surface area contributed by atoms with Gasteiger partial charge in [0.25, 0.3) is 0 Å². The molecular formula is C40H42N4O9. The quantitative estimate of drug-likeness (QED) is 0.0674. The molecule has 0 bridgehead atoms. The predicted octanol–water partition coefficient (Wildman–Crippen LogP) is 8.49. The number of benzene rings is 4. The second-order valence-electron chi connectivity index (χ2n) is 12.0. The molecule has 0 spiro atoms. The first-order valence-corrected chi connectivity index (χ1v) is 17.1. The van der Waals surface area contributed by atoms with Gasteiger partial charge in [0, 0.05) is 11.4 Å². The Morgan fingerprint density at radius 2 is 1.26 bits per heavy atom. The van der Waals surface area contributed by atoms with E-state index in [1.54, 1.807) is 73.7 Å². The number of aryl methyl sites for hydroxylation is 2. The summed E-state index contributed by atoms with van der Waals surface area (Å²) in [7, 11) is 0. The third-order valence-electron chi connectivity index (χ3n) is 7.65. The van der Waals surface area contributed by atoms with Gasteiger partial charge in [0.1, 0.15) is 0 Å². The van der Waals surface area contributed by atoms with Crippen molar-refractivity contribution in [3.05, 3.63) is 123 Å². The van der Waals surface area contributed by atoms with Crippen molar-refractivity contribution >= 4 is 57.9 Å². The SMILES string of the molecule is CCCCOC(=O)c1ccc(NC(=O)Nc2ccc(C)cc2C(=O)O)cc1.CCCCOC(=O)c1ccc(Nc2nc3ccc(C)cc3c(=O)o2)cc1. The van der Waals surface area contributed by atoms with Crippen LogP contribution in [0.2, 0.25) is 0 Å². The number of anilines is 4. The van der Waals surface area contributed by atoms with E-state index in [1.165, 1.54) is 12.1 Å². The number of nitrogens with zero attached hydrogens (tertiary/aromatic N) is 1. The van der Waals surface area contributed by atoms with Gasteiger partial charge in [0.15, 0.2) is 0 Å². The van der Waals surface area contributed by atoms with Crippen LogP contribution in [0.25, 0.3) is 10.9 Å². The van der Waals surface area contributed by atoms with Crippen LogP contribution in [0.3, 0.4) is 0 Å². The highest BCUT2D eigenvalue weighted by Crippen LogP contribution is 2.20. The molecule has 13 nitrogen and oxygen atoms in total. The van der Waals surface area contributed by atoms with Gasteiger partial charge >= 0.3 is 35.6 Å². The zero-order valence-corrected chi connectivity index (χ0v) is 30.0. The number of amides is 2. The van der Waals surface area contributed by atoms with E-state index < -0.39 is 23.6 Å². The van der Waals surface area contributed by atoms with Crippen LogP contribution in [0.15, 0.2) is 94.1 Å². The normalized spacial score (nSPS) is 10.4. The minimum absolute atomic E-state index is 0.00956. The standard InChI is InChI=1S/C20H22N2O5.C20H20N2O4/c1-3-4-11-27-19(25)14-6-8-15(9-7-14)21-20(26)22-17-10-5-13(2)12-16(17)18(23)24;1-3-4-11-25-18(23)14-6-8-15(9-7-14)21-20-22-17-10-5-13(2)12-16(17)19(24)26-20/h5-10,12H,3-4,11H2,1-2H3,(H,23,24)(H2,21,22,26);5-10,12H,3-4,11H2,1-2H3,(H,21,22). The lowest BCUT2D eigenvalue weighted by Gasteiger charge is -2.11. The molecule has 0 aliphatic rings. The monoisotopic (exact) mass is 722 g/mol. The molecule has 0 fully saturated rings. The lowest BCUT2D eigenvalue weighted by Crippen LogP contribution is -2.21. The summed E-state index contributed by atoms with van der Waals surface area (Å²) in [5.74, 6) is -1.89. The largest absolute Gasteiger partial charge is 0.478 e. The van der Waals surface area contributed by atoms with Crippen molar-refractivity contribution in [2.45, 2.75) is 53.4 Å². The minimum Gasteiger partial charge on any atom is -0.478 e. The number of rotatable bonds is 13. The van der Waals surface area contributed by atoms with Gasteiger partial charge < -0.3 is 34.9 Å². The number of aromatic nitrogens is 1. The number of esters is 2. The molecule has 4 aromatic carbocycles. The van der Waals surface area contributed by atoms with Crippen molar-refractivity contribution < 1.29 is 38.2 Å². The summed E-state index contributed by atoms with van der Waals surface area (Å²) in [5, 5.41) is 17.7. The lowest BCUT2D eigenvalue weighted by molar-refractivity contribution is 0.0490. The first kappa shape index (κ1) is 39.3. The Labute approximate surface area is 306 Å².